The van der Waals surface area contributed by atoms with Crippen LogP contribution in [0.15, 0.2) is 12.4 Å². The molecule has 14 heavy (non-hydrogen) atoms. The van der Waals surface area contributed by atoms with Crippen LogP contribution in [-0.4, -0.2) is 23.1 Å². The van der Waals surface area contributed by atoms with E-state index in [1.54, 1.807) is 6.20 Å². The van der Waals surface area contributed by atoms with Crippen LogP contribution >= 0.6 is 0 Å². The van der Waals surface area contributed by atoms with Gasteiger partial charge in [-0.05, 0) is 24.7 Å². The van der Waals surface area contributed by atoms with Crippen LogP contribution in [0, 0.1) is 11.3 Å². The highest BCUT2D eigenvalue weighted by molar-refractivity contribution is 5.30. The van der Waals surface area contributed by atoms with E-state index in [2.05, 4.69) is 42.7 Å². The first-order valence-electron chi connectivity index (χ1n) is 5.24. The lowest BCUT2D eigenvalue weighted by atomic mass is 10.0. The van der Waals surface area contributed by atoms with Gasteiger partial charge in [-0.2, -0.15) is 0 Å². The number of aromatic nitrogens is 2. The lowest BCUT2D eigenvalue weighted by molar-refractivity contribution is 0.483. The summed E-state index contributed by atoms with van der Waals surface area (Å²) in [6.07, 6.45) is 5.01. The Bertz CT molecular complexity index is 302. The van der Waals surface area contributed by atoms with Gasteiger partial charge in [0.15, 0.2) is 0 Å². The fourth-order valence-corrected chi connectivity index (χ4v) is 2.24. The highest BCUT2D eigenvalue weighted by Gasteiger charge is 2.49. The number of H-pyrrole nitrogens is 1. The van der Waals surface area contributed by atoms with Crippen molar-refractivity contribution in [2.45, 2.75) is 33.2 Å². The fraction of sp³-hybridized carbons (Fsp3) is 0.727. The molecule has 3 heteroatoms. The van der Waals surface area contributed by atoms with E-state index < -0.39 is 0 Å². The van der Waals surface area contributed by atoms with Crippen molar-refractivity contribution in [3.8, 4) is 0 Å². The third-order valence-electron chi connectivity index (χ3n) is 3.60. The van der Waals surface area contributed by atoms with E-state index in [1.165, 1.54) is 6.42 Å². The zero-order chi connectivity index (χ0) is 10.3. The van der Waals surface area contributed by atoms with Crippen molar-refractivity contribution in [1.82, 2.24) is 9.97 Å². The normalized spacial score (nSPS) is 25.9. The fourth-order valence-electron chi connectivity index (χ4n) is 2.24. The number of imidazole rings is 1. The number of nitrogens with one attached hydrogen (secondary N) is 1. The second kappa shape index (κ2) is 3.01. The molecule has 1 N–H and O–H groups in total. The van der Waals surface area contributed by atoms with Crippen molar-refractivity contribution in [3.05, 3.63) is 12.4 Å². The molecule has 1 aromatic rings. The number of rotatable bonds is 3. The molecule has 78 valence electrons. The molecule has 0 saturated heterocycles. The van der Waals surface area contributed by atoms with Crippen LogP contribution in [0.2, 0.25) is 0 Å². The molecule has 1 aliphatic rings. The van der Waals surface area contributed by atoms with Gasteiger partial charge in [0.1, 0.15) is 0 Å². The number of nitrogens with zero attached hydrogens (tertiary/aromatic N) is 2. The van der Waals surface area contributed by atoms with E-state index in [0.717, 1.165) is 11.9 Å². The molecule has 2 atom stereocenters. The lowest BCUT2D eigenvalue weighted by Gasteiger charge is -2.25. The molecular weight excluding hydrogens is 174 g/mol. The van der Waals surface area contributed by atoms with Crippen LogP contribution in [0.1, 0.15) is 27.2 Å². The first kappa shape index (κ1) is 9.56. The number of anilines is 1. The lowest BCUT2D eigenvalue weighted by Crippen LogP contribution is -2.32. The molecule has 3 nitrogen and oxygen atoms in total. The Labute approximate surface area is 85.5 Å². The molecule has 0 radical (unpaired) electrons. The van der Waals surface area contributed by atoms with Crippen molar-refractivity contribution in [3.63, 3.8) is 0 Å². The van der Waals surface area contributed by atoms with E-state index >= 15 is 0 Å². The second-order valence-corrected chi connectivity index (χ2v) is 5.06. The SMILES string of the molecule is CC(C1CC1(C)C)N(C)c1ncc[nH]1. The average Bonchev–Trinajstić information content (AvgIpc) is 2.60. The maximum Gasteiger partial charge on any atom is 0.202 e. The van der Waals surface area contributed by atoms with Crippen LogP contribution in [0.3, 0.4) is 0 Å². The highest BCUT2D eigenvalue weighted by atomic mass is 15.3. The summed E-state index contributed by atoms with van der Waals surface area (Å²) in [5.74, 6) is 1.78. The van der Waals surface area contributed by atoms with E-state index in [1.807, 2.05) is 6.20 Å². The van der Waals surface area contributed by atoms with Crippen LogP contribution in [-0.2, 0) is 0 Å². The van der Waals surface area contributed by atoms with Gasteiger partial charge in [0.25, 0.3) is 0 Å². The minimum absolute atomic E-state index is 0.528. The summed E-state index contributed by atoms with van der Waals surface area (Å²) in [6, 6.07) is 0.566. The van der Waals surface area contributed by atoms with Gasteiger partial charge in [-0.1, -0.05) is 13.8 Å². The van der Waals surface area contributed by atoms with Gasteiger partial charge < -0.3 is 9.88 Å². The molecule has 0 aromatic carbocycles. The average molecular weight is 193 g/mol. The molecule has 1 aliphatic carbocycles. The van der Waals surface area contributed by atoms with Crippen LogP contribution in [0.5, 0.6) is 0 Å². The maximum absolute atomic E-state index is 4.27. The smallest absolute Gasteiger partial charge is 0.202 e. The van der Waals surface area contributed by atoms with Gasteiger partial charge in [-0.3, -0.25) is 0 Å². The zero-order valence-electron chi connectivity index (χ0n) is 9.41. The van der Waals surface area contributed by atoms with Crippen LogP contribution in [0.4, 0.5) is 5.95 Å². The van der Waals surface area contributed by atoms with Crippen molar-refractivity contribution < 1.29 is 0 Å². The van der Waals surface area contributed by atoms with Crippen LogP contribution < -0.4 is 4.90 Å². The Morgan fingerprint density at radius 3 is 2.71 bits per heavy atom. The van der Waals surface area contributed by atoms with Gasteiger partial charge in [0, 0.05) is 25.5 Å². The van der Waals surface area contributed by atoms with Gasteiger partial charge in [-0.15, -0.1) is 0 Å². The van der Waals surface area contributed by atoms with E-state index in [-0.39, 0.29) is 0 Å². The summed E-state index contributed by atoms with van der Waals surface area (Å²) in [4.78, 5) is 9.64. The Morgan fingerprint density at radius 2 is 2.29 bits per heavy atom. The second-order valence-electron chi connectivity index (χ2n) is 5.06. The van der Waals surface area contributed by atoms with Gasteiger partial charge in [0.2, 0.25) is 5.95 Å². The summed E-state index contributed by atoms with van der Waals surface area (Å²) in [7, 11) is 2.11. The van der Waals surface area contributed by atoms with E-state index in [9.17, 15) is 0 Å². The zero-order valence-corrected chi connectivity index (χ0v) is 9.41. The Hall–Kier alpha value is -0.990. The van der Waals surface area contributed by atoms with E-state index in [0.29, 0.717) is 11.5 Å². The molecule has 0 spiro atoms. The molecule has 1 saturated carbocycles. The predicted molar refractivity (Wildman–Crippen MR) is 58.3 cm³/mol. The molecule has 1 aromatic heterocycles. The van der Waals surface area contributed by atoms with Gasteiger partial charge in [-0.25, -0.2) is 4.98 Å². The number of aromatic amines is 1. The topological polar surface area (TPSA) is 31.9 Å². The van der Waals surface area contributed by atoms with Crippen molar-refractivity contribution in [2.24, 2.45) is 11.3 Å². The van der Waals surface area contributed by atoms with Crippen molar-refractivity contribution >= 4 is 5.95 Å². The largest absolute Gasteiger partial charge is 0.342 e. The third kappa shape index (κ3) is 1.51. The third-order valence-corrected chi connectivity index (χ3v) is 3.60. The molecule has 1 heterocycles. The summed E-state index contributed by atoms with van der Waals surface area (Å²) < 4.78 is 0. The summed E-state index contributed by atoms with van der Waals surface area (Å²) in [5.41, 5.74) is 0.528. The monoisotopic (exact) mass is 193 g/mol. The minimum Gasteiger partial charge on any atom is -0.342 e. The first-order valence-corrected chi connectivity index (χ1v) is 5.24. The molecule has 1 fully saturated rings. The Kier molecular flexibility index (Phi) is 2.05. The molecule has 2 unspecified atom stereocenters. The summed E-state index contributed by atoms with van der Waals surface area (Å²) >= 11 is 0. The molecule has 0 amide bonds. The molecule has 0 aliphatic heterocycles. The number of hydrogen-bond donors (Lipinski definition) is 1. The van der Waals surface area contributed by atoms with Gasteiger partial charge >= 0.3 is 0 Å². The van der Waals surface area contributed by atoms with E-state index in [4.69, 9.17) is 0 Å². The highest BCUT2D eigenvalue weighted by Crippen LogP contribution is 2.54. The standard InChI is InChI=1S/C11H19N3/c1-8(9-7-11(9,2)3)14(4)10-12-5-6-13-10/h5-6,8-9H,7H2,1-4H3,(H,12,13). The van der Waals surface area contributed by atoms with Crippen molar-refractivity contribution in [2.75, 3.05) is 11.9 Å². The van der Waals surface area contributed by atoms with Crippen molar-refractivity contribution in [1.29, 1.82) is 0 Å². The summed E-state index contributed by atoms with van der Waals surface area (Å²) in [6.45, 7) is 6.95. The minimum atomic E-state index is 0.528. The van der Waals surface area contributed by atoms with Crippen LogP contribution in [0.25, 0.3) is 0 Å². The maximum atomic E-state index is 4.27. The molecule has 0 bridgehead atoms. The van der Waals surface area contributed by atoms with Gasteiger partial charge in [0.05, 0.1) is 0 Å². The quantitative estimate of drug-likeness (QED) is 0.798. The first-order chi connectivity index (χ1) is 6.52. The molecule has 2 rings (SSSR count). The summed E-state index contributed by atoms with van der Waals surface area (Å²) in [5, 5.41) is 0. The Morgan fingerprint density at radius 1 is 1.64 bits per heavy atom. The predicted octanol–water partition coefficient (Wildman–Crippen LogP) is 2.28. The number of hydrogen-bond acceptors (Lipinski definition) is 2. The Balaban J connectivity index is 2.03. The molecular formula is C11H19N3.